The number of hydrogen-bond acceptors (Lipinski definition) is 3. The molecule has 2 aromatic rings. The molecule has 2 heterocycles. The largest absolute Gasteiger partial charge is 0.369 e. The zero-order valence-corrected chi connectivity index (χ0v) is 6.65. The number of nitrogen functional groups attached to an aromatic ring is 1. The van der Waals surface area contributed by atoms with Crippen molar-refractivity contribution < 1.29 is 0 Å². The molecule has 0 aliphatic rings. The Hall–Kier alpha value is -1.78. The molecule has 5 heteroatoms. The number of rotatable bonds is 1. The van der Waals surface area contributed by atoms with Gasteiger partial charge in [-0.2, -0.15) is 5.10 Å². The van der Waals surface area contributed by atoms with E-state index in [9.17, 15) is 0 Å². The molecule has 0 radical (unpaired) electrons. The summed E-state index contributed by atoms with van der Waals surface area (Å²) in [6, 6.07) is 1.90. The van der Waals surface area contributed by atoms with E-state index in [-0.39, 0.29) is 0 Å². The fourth-order valence-electron chi connectivity index (χ4n) is 1.10. The van der Waals surface area contributed by atoms with E-state index in [0.717, 1.165) is 11.4 Å². The molecule has 5 nitrogen and oxygen atoms in total. The van der Waals surface area contributed by atoms with Gasteiger partial charge in [-0.25, -0.2) is 4.98 Å². The lowest BCUT2D eigenvalue weighted by Gasteiger charge is -1.95. The Kier molecular flexibility index (Phi) is 1.36. The van der Waals surface area contributed by atoms with Gasteiger partial charge in [0.15, 0.2) is 5.95 Å². The average Bonchev–Trinajstić information content (AvgIpc) is 2.58. The van der Waals surface area contributed by atoms with E-state index in [4.69, 9.17) is 5.73 Å². The summed E-state index contributed by atoms with van der Waals surface area (Å²) < 4.78 is 1.76. The Labute approximate surface area is 69.2 Å². The van der Waals surface area contributed by atoms with Crippen molar-refractivity contribution in [3.05, 3.63) is 18.5 Å². The van der Waals surface area contributed by atoms with Crippen LogP contribution in [0.1, 0.15) is 0 Å². The summed E-state index contributed by atoms with van der Waals surface area (Å²) in [7, 11) is 1.87. The molecule has 0 atom stereocenters. The minimum atomic E-state index is 0.422. The number of nitrogens with one attached hydrogen (secondary N) is 1. The number of hydrogen-bond donors (Lipinski definition) is 2. The highest BCUT2D eigenvalue weighted by molar-refractivity contribution is 5.54. The average molecular weight is 163 g/mol. The van der Waals surface area contributed by atoms with Crippen LogP contribution in [0.2, 0.25) is 0 Å². The van der Waals surface area contributed by atoms with Gasteiger partial charge in [-0.3, -0.25) is 4.68 Å². The van der Waals surface area contributed by atoms with Crippen LogP contribution in [0.4, 0.5) is 5.95 Å². The molecule has 3 N–H and O–H groups in total. The van der Waals surface area contributed by atoms with Crippen LogP contribution in [0.3, 0.4) is 0 Å². The van der Waals surface area contributed by atoms with Gasteiger partial charge < -0.3 is 10.7 Å². The van der Waals surface area contributed by atoms with Gasteiger partial charge in [-0.1, -0.05) is 0 Å². The van der Waals surface area contributed by atoms with Gasteiger partial charge >= 0.3 is 0 Å². The summed E-state index contributed by atoms with van der Waals surface area (Å²) >= 11 is 0. The second-order valence-electron chi connectivity index (χ2n) is 2.52. The summed E-state index contributed by atoms with van der Waals surface area (Å²) in [5.74, 6) is 0.422. The number of aromatic nitrogens is 4. The minimum Gasteiger partial charge on any atom is -0.369 e. The molecule has 0 aliphatic carbocycles. The van der Waals surface area contributed by atoms with E-state index in [1.54, 1.807) is 17.1 Å². The molecule has 0 amide bonds. The summed E-state index contributed by atoms with van der Waals surface area (Å²) in [6.07, 6.45) is 3.42. The van der Waals surface area contributed by atoms with Crippen LogP contribution in [0.25, 0.3) is 11.4 Å². The first kappa shape index (κ1) is 6.90. The number of nitrogens with two attached hydrogens (primary N) is 1. The number of H-pyrrole nitrogens is 1. The zero-order chi connectivity index (χ0) is 8.55. The third kappa shape index (κ3) is 0.952. The summed E-state index contributed by atoms with van der Waals surface area (Å²) in [5, 5.41) is 4.03. The molecule has 0 saturated carbocycles. The quantitative estimate of drug-likeness (QED) is 0.638. The molecular weight excluding hydrogens is 154 g/mol. The van der Waals surface area contributed by atoms with Crippen molar-refractivity contribution in [1.29, 1.82) is 0 Å². The van der Waals surface area contributed by atoms with Gasteiger partial charge in [0.05, 0.1) is 17.6 Å². The van der Waals surface area contributed by atoms with Crippen molar-refractivity contribution in [2.45, 2.75) is 0 Å². The highest BCUT2D eigenvalue weighted by Crippen LogP contribution is 2.15. The molecule has 12 heavy (non-hydrogen) atoms. The number of aromatic amines is 1. The number of nitrogens with zero attached hydrogens (tertiary/aromatic N) is 3. The van der Waals surface area contributed by atoms with Crippen molar-refractivity contribution in [3.8, 4) is 11.4 Å². The Morgan fingerprint density at radius 3 is 2.92 bits per heavy atom. The predicted molar refractivity (Wildman–Crippen MR) is 45.2 cm³/mol. The molecular formula is C7H9N5. The highest BCUT2D eigenvalue weighted by atomic mass is 15.3. The molecule has 0 aromatic carbocycles. The fraction of sp³-hybridized carbons (Fsp3) is 0.143. The standard InChI is InChI=1S/C7H9N5/c1-12-6(2-3-10-12)5-4-9-7(8)11-5/h2-4H,1H3,(H3,8,9,11). The maximum atomic E-state index is 5.44. The molecule has 2 rings (SSSR count). The third-order valence-electron chi connectivity index (χ3n) is 1.69. The summed E-state index contributed by atoms with van der Waals surface area (Å²) in [4.78, 5) is 6.82. The summed E-state index contributed by atoms with van der Waals surface area (Å²) in [5.41, 5.74) is 7.29. The maximum Gasteiger partial charge on any atom is 0.197 e. The molecule has 0 unspecified atom stereocenters. The van der Waals surface area contributed by atoms with Crippen LogP contribution < -0.4 is 5.73 Å². The Morgan fingerprint density at radius 2 is 2.42 bits per heavy atom. The normalized spacial score (nSPS) is 10.4. The van der Waals surface area contributed by atoms with E-state index in [1.165, 1.54) is 0 Å². The van der Waals surface area contributed by atoms with Gasteiger partial charge in [-0.15, -0.1) is 0 Å². The first-order chi connectivity index (χ1) is 5.77. The second-order valence-corrected chi connectivity index (χ2v) is 2.52. The monoisotopic (exact) mass is 163 g/mol. The van der Waals surface area contributed by atoms with Gasteiger partial charge in [0.1, 0.15) is 0 Å². The Bertz CT molecular complexity index is 386. The van der Waals surface area contributed by atoms with Crippen LogP contribution in [-0.4, -0.2) is 19.7 Å². The topological polar surface area (TPSA) is 72.5 Å². The molecule has 62 valence electrons. The fourth-order valence-corrected chi connectivity index (χ4v) is 1.10. The van der Waals surface area contributed by atoms with Crippen molar-refractivity contribution in [2.75, 3.05) is 5.73 Å². The van der Waals surface area contributed by atoms with E-state index >= 15 is 0 Å². The zero-order valence-electron chi connectivity index (χ0n) is 6.65. The van der Waals surface area contributed by atoms with Gasteiger partial charge in [0.2, 0.25) is 0 Å². The Morgan fingerprint density at radius 1 is 1.58 bits per heavy atom. The van der Waals surface area contributed by atoms with Crippen molar-refractivity contribution >= 4 is 5.95 Å². The third-order valence-corrected chi connectivity index (χ3v) is 1.69. The van der Waals surface area contributed by atoms with E-state index in [0.29, 0.717) is 5.95 Å². The SMILES string of the molecule is Cn1nccc1-c1cnc(N)[nH]1. The van der Waals surface area contributed by atoms with Gasteiger partial charge in [0.25, 0.3) is 0 Å². The molecule has 0 spiro atoms. The lowest BCUT2D eigenvalue weighted by atomic mass is 10.3. The molecule has 0 aliphatic heterocycles. The lowest BCUT2D eigenvalue weighted by Crippen LogP contribution is -1.93. The van der Waals surface area contributed by atoms with E-state index in [1.807, 2.05) is 13.1 Å². The number of anilines is 1. The van der Waals surface area contributed by atoms with Crippen molar-refractivity contribution in [1.82, 2.24) is 19.7 Å². The second kappa shape index (κ2) is 2.37. The van der Waals surface area contributed by atoms with E-state index in [2.05, 4.69) is 15.1 Å². The summed E-state index contributed by atoms with van der Waals surface area (Å²) in [6.45, 7) is 0. The van der Waals surface area contributed by atoms with Crippen LogP contribution in [-0.2, 0) is 7.05 Å². The number of aryl methyl sites for hydroxylation is 1. The van der Waals surface area contributed by atoms with Crippen molar-refractivity contribution in [3.63, 3.8) is 0 Å². The number of imidazole rings is 1. The first-order valence-electron chi connectivity index (χ1n) is 3.56. The first-order valence-corrected chi connectivity index (χ1v) is 3.56. The Balaban J connectivity index is 2.50. The lowest BCUT2D eigenvalue weighted by molar-refractivity contribution is 0.774. The maximum absolute atomic E-state index is 5.44. The van der Waals surface area contributed by atoms with Crippen LogP contribution in [0.15, 0.2) is 18.5 Å². The molecule has 0 fully saturated rings. The van der Waals surface area contributed by atoms with Crippen LogP contribution in [0.5, 0.6) is 0 Å². The molecule has 0 saturated heterocycles. The van der Waals surface area contributed by atoms with E-state index < -0.39 is 0 Å². The van der Waals surface area contributed by atoms with Gasteiger partial charge in [0, 0.05) is 13.2 Å². The predicted octanol–water partition coefficient (Wildman–Crippen LogP) is 0.392. The van der Waals surface area contributed by atoms with Crippen molar-refractivity contribution in [2.24, 2.45) is 7.05 Å². The molecule has 0 bridgehead atoms. The van der Waals surface area contributed by atoms with Crippen LogP contribution in [0, 0.1) is 0 Å². The molecule has 2 aromatic heterocycles. The van der Waals surface area contributed by atoms with Crippen LogP contribution >= 0.6 is 0 Å². The minimum absolute atomic E-state index is 0.422. The van der Waals surface area contributed by atoms with Gasteiger partial charge in [-0.05, 0) is 6.07 Å². The smallest absolute Gasteiger partial charge is 0.197 e. The highest BCUT2D eigenvalue weighted by Gasteiger charge is 2.03.